The van der Waals surface area contributed by atoms with E-state index in [2.05, 4.69) is 30.5 Å². The van der Waals surface area contributed by atoms with E-state index in [1.54, 1.807) is 0 Å². The first-order chi connectivity index (χ1) is 22.3. The summed E-state index contributed by atoms with van der Waals surface area (Å²) in [4.78, 5) is 46.4. The molecule has 0 unspecified atom stereocenters. The maximum absolute atomic E-state index is 12.3. The van der Waals surface area contributed by atoms with Crippen LogP contribution in [0, 0.1) is 0 Å². The van der Waals surface area contributed by atoms with Gasteiger partial charge in [0.2, 0.25) is 0 Å². The van der Waals surface area contributed by atoms with Crippen LogP contribution in [0.15, 0.2) is 12.2 Å². The molecule has 0 aromatic carbocycles. The summed E-state index contributed by atoms with van der Waals surface area (Å²) in [7, 11) is -5.24. The minimum atomic E-state index is -5.24. The standard InChI is InChI=1S/C37H71O8P.2Na/c1-3-5-7-9-11-13-15-17-18-20-22-24-26-28-30-32-37(39)45-35(34-44-46(40,41)42)33-43-36(38)31-29-27-25-23-21-19-16-14-12-10-8-6-4-2;;/h17-18,35H,3-16,19-34H2,1-2H3,(H2,40,41,42);;/q;2*+1/p-2/b18-17-;;/t35-;;/m1../s1. The Kier molecular flexibility index (Phi) is 44.9. The minimum absolute atomic E-state index is 0. The second-order valence-corrected chi connectivity index (χ2v) is 14.0. The fourth-order valence-electron chi connectivity index (χ4n) is 5.42. The van der Waals surface area contributed by atoms with Crippen LogP contribution < -0.4 is 68.9 Å². The molecule has 1 atom stereocenters. The van der Waals surface area contributed by atoms with E-state index in [4.69, 9.17) is 9.47 Å². The number of ether oxygens (including phenoxy) is 2. The zero-order valence-electron chi connectivity index (χ0n) is 31.7. The number of phosphoric ester groups is 1. The summed E-state index contributed by atoms with van der Waals surface area (Å²) in [6.45, 7) is 3.48. The van der Waals surface area contributed by atoms with Crippen LogP contribution in [-0.4, -0.2) is 31.3 Å². The number of esters is 2. The molecule has 0 fully saturated rings. The Bertz CT molecular complexity index is 778. The van der Waals surface area contributed by atoms with Gasteiger partial charge in [-0.2, -0.15) is 0 Å². The van der Waals surface area contributed by atoms with E-state index in [0.29, 0.717) is 12.8 Å². The smallest absolute Gasteiger partial charge is 0.790 e. The summed E-state index contributed by atoms with van der Waals surface area (Å²) < 4.78 is 25.7. The molecule has 0 amide bonds. The normalized spacial score (nSPS) is 12.0. The third-order valence-electron chi connectivity index (χ3n) is 8.27. The molecule has 0 radical (unpaired) electrons. The summed E-state index contributed by atoms with van der Waals surface area (Å²) in [5.41, 5.74) is 0. The summed E-state index contributed by atoms with van der Waals surface area (Å²) in [6, 6.07) is 0. The van der Waals surface area contributed by atoms with Gasteiger partial charge < -0.3 is 28.3 Å². The fourth-order valence-corrected chi connectivity index (χ4v) is 5.77. The zero-order valence-corrected chi connectivity index (χ0v) is 36.6. The van der Waals surface area contributed by atoms with Crippen molar-refractivity contribution in [2.45, 2.75) is 200 Å². The van der Waals surface area contributed by atoms with Gasteiger partial charge in [0.05, 0.1) is 14.4 Å². The van der Waals surface area contributed by atoms with E-state index in [1.807, 2.05) is 0 Å². The number of carbonyl (C=O) groups excluding carboxylic acids is 2. The average Bonchev–Trinajstić information content (AvgIpc) is 3.02. The first-order valence-electron chi connectivity index (χ1n) is 18.9. The molecule has 0 bridgehead atoms. The molecule has 0 aromatic rings. The van der Waals surface area contributed by atoms with E-state index in [0.717, 1.165) is 44.9 Å². The molecule has 272 valence electrons. The largest absolute Gasteiger partial charge is 1.00 e. The van der Waals surface area contributed by atoms with Crippen molar-refractivity contribution in [2.75, 3.05) is 13.2 Å². The summed E-state index contributed by atoms with van der Waals surface area (Å²) in [5, 5.41) is 0. The third-order valence-corrected chi connectivity index (χ3v) is 8.74. The number of unbranched alkanes of at least 4 members (excludes halogenated alkanes) is 23. The van der Waals surface area contributed by atoms with E-state index >= 15 is 0 Å². The molecule has 0 saturated heterocycles. The van der Waals surface area contributed by atoms with E-state index in [-0.39, 0.29) is 78.6 Å². The van der Waals surface area contributed by atoms with Crippen molar-refractivity contribution in [3.8, 4) is 0 Å². The maximum atomic E-state index is 12.3. The van der Waals surface area contributed by atoms with Crippen LogP contribution >= 0.6 is 7.82 Å². The fraction of sp³-hybridized carbons (Fsp3) is 0.892. The predicted molar refractivity (Wildman–Crippen MR) is 184 cm³/mol. The molecule has 8 nitrogen and oxygen atoms in total. The Morgan fingerprint density at radius 2 is 0.896 bits per heavy atom. The number of rotatable bonds is 35. The van der Waals surface area contributed by atoms with Crippen LogP contribution in [0.25, 0.3) is 0 Å². The Labute approximate surface area is 339 Å². The summed E-state index contributed by atoms with van der Waals surface area (Å²) in [6.07, 6.45) is 34.6. The maximum Gasteiger partial charge on any atom is 1.00 e. The zero-order chi connectivity index (χ0) is 34.0. The molecule has 0 rings (SSSR count). The molecule has 0 aromatic heterocycles. The van der Waals surface area contributed by atoms with Gasteiger partial charge in [-0.3, -0.25) is 9.59 Å². The quantitative estimate of drug-likeness (QED) is 0.0319. The van der Waals surface area contributed by atoms with Gasteiger partial charge in [-0.05, 0) is 38.5 Å². The number of hydrogen-bond acceptors (Lipinski definition) is 8. The van der Waals surface area contributed by atoms with Gasteiger partial charge in [0.15, 0.2) is 6.10 Å². The molecular formula is C37H69Na2O8P. The van der Waals surface area contributed by atoms with E-state index in [9.17, 15) is 23.9 Å². The Morgan fingerprint density at radius 3 is 1.29 bits per heavy atom. The number of allylic oxidation sites excluding steroid dienone is 2. The molecule has 0 aliphatic rings. The van der Waals surface area contributed by atoms with Crippen molar-refractivity contribution < 1.29 is 97.1 Å². The van der Waals surface area contributed by atoms with Crippen molar-refractivity contribution in [2.24, 2.45) is 0 Å². The van der Waals surface area contributed by atoms with Crippen molar-refractivity contribution in [3.05, 3.63) is 12.2 Å². The second kappa shape index (κ2) is 40.6. The van der Waals surface area contributed by atoms with Crippen molar-refractivity contribution in [1.29, 1.82) is 0 Å². The molecule has 0 heterocycles. The van der Waals surface area contributed by atoms with Gasteiger partial charge in [-0.15, -0.1) is 0 Å². The molecule has 0 N–H and O–H groups in total. The van der Waals surface area contributed by atoms with E-state index < -0.39 is 32.5 Å². The second-order valence-electron chi connectivity index (χ2n) is 12.9. The van der Waals surface area contributed by atoms with Crippen LogP contribution in [-0.2, 0) is 28.2 Å². The molecule has 11 heteroatoms. The summed E-state index contributed by atoms with van der Waals surface area (Å²) >= 11 is 0. The van der Waals surface area contributed by atoms with Crippen LogP contribution in [0.2, 0.25) is 0 Å². The third kappa shape index (κ3) is 43.0. The van der Waals surface area contributed by atoms with Crippen LogP contribution in [0.4, 0.5) is 0 Å². The molecule has 0 aliphatic heterocycles. The van der Waals surface area contributed by atoms with Gasteiger partial charge in [0.1, 0.15) is 6.61 Å². The van der Waals surface area contributed by atoms with Crippen molar-refractivity contribution in [1.82, 2.24) is 0 Å². The Balaban J connectivity index is -0.0000101. The molecule has 0 aliphatic carbocycles. The van der Waals surface area contributed by atoms with Crippen LogP contribution in [0.1, 0.15) is 194 Å². The van der Waals surface area contributed by atoms with Gasteiger partial charge in [0, 0.05) is 12.8 Å². The van der Waals surface area contributed by atoms with Gasteiger partial charge >= 0.3 is 71.1 Å². The van der Waals surface area contributed by atoms with Crippen molar-refractivity contribution in [3.63, 3.8) is 0 Å². The van der Waals surface area contributed by atoms with Crippen LogP contribution in [0.3, 0.4) is 0 Å². The first kappa shape index (κ1) is 53.1. The first-order valence-corrected chi connectivity index (χ1v) is 20.4. The molecule has 48 heavy (non-hydrogen) atoms. The predicted octanol–water partition coefficient (Wildman–Crippen LogP) is 3.81. The van der Waals surface area contributed by atoms with Gasteiger partial charge in [0.25, 0.3) is 0 Å². The SMILES string of the molecule is CCCCCCCC/C=C\CCCCCCCC(=O)O[C@H](COC(=O)CCCCCCCCCCCCCCC)COP(=O)([O-])[O-].[Na+].[Na+]. The van der Waals surface area contributed by atoms with E-state index in [1.165, 1.54) is 109 Å². The Morgan fingerprint density at radius 1 is 0.542 bits per heavy atom. The summed E-state index contributed by atoms with van der Waals surface area (Å²) in [5.74, 6) is -0.959. The van der Waals surface area contributed by atoms with Crippen LogP contribution in [0.5, 0.6) is 0 Å². The van der Waals surface area contributed by atoms with Gasteiger partial charge in [-0.25, -0.2) is 0 Å². The van der Waals surface area contributed by atoms with Gasteiger partial charge in [-0.1, -0.05) is 154 Å². The number of phosphoric acid groups is 1. The molecule has 0 spiro atoms. The number of carbonyl (C=O) groups is 2. The minimum Gasteiger partial charge on any atom is -0.790 e. The Hall–Kier alpha value is 0.790. The average molecular weight is 719 g/mol. The topological polar surface area (TPSA) is 125 Å². The number of hydrogen-bond donors (Lipinski definition) is 0. The molecule has 0 saturated carbocycles. The molecular weight excluding hydrogens is 649 g/mol. The van der Waals surface area contributed by atoms with Crippen molar-refractivity contribution >= 4 is 19.8 Å². The monoisotopic (exact) mass is 718 g/mol.